The second-order valence-corrected chi connectivity index (χ2v) is 3.99. The Morgan fingerprint density at radius 3 is 2.94 bits per heavy atom. The van der Waals surface area contributed by atoms with Crippen LogP contribution in [0.25, 0.3) is 0 Å². The topological polar surface area (TPSA) is 92.4 Å². The first kappa shape index (κ1) is 10.8. The summed E-state index contributed by atoms with van der Waals surface area (Å²) in [6, 6.07) is 1.44. The maximum Gasteiger partial charge on any atom is 0.229 e. The molecule has 0 bridgehead atoms. The summed E-state index contributed by atoms with van der Waals surface area (Å²) >= 11 is 5.92. The number of nitrogens with one attached hydrogen (secondary N) is 1. The third-order valence-electron chi connectivity index (χ3n) is 2.40. The average molecular weight is 241 g/mol. The fourth-order valence-electron chi connectivity index (χ4n) is 1.72. The maximum absolute atomic E-state index is 11.2. The number of rotatable bonds is 2. The van der Waals surface area contributed by atoms with Gasteiger partial charge in [0, 0.05) is 11.1 Å². The zero-order valence-corrected chi connectivity index (χ0v) is 8.97. The number of fused-ring (bicyclic) bond motifs is 1. The number of hydrogen-bond acceptors (Lipinski definition) is 3. The second kappa shape index (κ2) is 3.68. The lowest BCUT2D eigenvalue weighted by molar-refractivity contribution is -0.117. The molecule has 0 saturated carbocycles. The molecular formula is C10H9ClN2O3. The lowest BCUT2D eigenvalue weighted by Gasteiger charge is -2.09. The normalized spacial score (nSPS) is 13.4. The van der Waals surface area contributed by atoms with Gasteiger partial charge in [-0.15, -0.1) is 0 Å². The van der Waals surface area contributed by atoms with Crippen molar-refractivity contribution in [2.24, 2.45) is 5.73 Å². The Balaban J connectivity index is 2.52. The molecule has 6 heteroatoms. The fraction of sp³-hybridized carbons (Fsp3) is 0.200. The van der Waals surface area contributed by atoms with Crippen molar-refractivity contribution in [3.8, 4) is 5.75 Å². The summed E-state index contributed by atoms with van der Waals surface area (Å²) in [6.45, 7) is 0. The van der Waals surface area contributed by atoms with E-state index in [4.69, 9.17) is 17.3 Å². The molecule has 0 radical (unpaired) electrons. The molecule has 0 saturated heterocycles. The molecule has 2 amide bonds. The number of carbonyl (C=O) groups excluding carboxylic acids is 2. The van der Waals surface area contributed by atoms with Crippen LogP contribution in [0.1, 0.15) is 11.1 Å². The van der Waals surface area contributed by atoms with Gasteiger partial charge in [0.05, 0.1) is 23.6 Å². The lowest BCUT2D eigenvalue weighted by Crippen LogP contribution is -2.14. The Morgan fingerprint density at radius 1 is 1.62 bits per heavy atom. The van der Waals surface area contributed by atoms with Crippen LogP contribution in [0.15, 0.2) is 6.07 Å². The maximum atomic E-state index is 11.2. The van der Waals surface area contributed by atoms with Crippen LogP contribution in [-0.4, -0.2) is 16.9 Å². The van der Waals surface area contributed by atoms with E-state index in [1.165, 1.54) is 6.07 Å². The van der Waals surface area contributed by atoms with Crippen LogP contribution in [0.2, 0.25) is 5.02 Å². The van der Waals surface area contributed by atoms with Crippen LogP contribution in [0.4, 0.5) is 5.69 Å². The Morgan fingerprint density at radius 2 is 2.31 bits per heavy atom. The summed E-state index contributed by atoms with van der Waals surface area (Å²) in [7, 11) is 0. The molecule has 4 N–H and O–H groups in total. The van der Waals surface area contributed by atoms with Crippen molar-refractivity contribution < 1.29 is 14.7 Å². The predicted molar refractivity (Wildman–Crippen MR) is 58.3 cm³/mol. The van der Waals surface area contributed by atoms with Crippen molar-refractivity contribution in [3.63, 3.8) is 0 Å². The minimum Gasteiger partial charge on any atom is -0.507 e. The van der Waals surface area contributed by atoms with E-state index in [1.54, 1.807) is 0 Å². The molecule has 5 nitrogen and oxygen atoms in total. The fourth-order valence-corrected chi connectivity index (χ4v) is 2.02. The SMILES string of the molecule is NC(=O)Cc1cc(Cl)c2c(c1O)CC(=O)N2. The van der Waals surface area contributed by atoms with Gasteiger partial charge in [0.25, 0.3) is 0 Å². The molecule has 16 heavy (non-hydrogen) atoms. The van der Waals surface area contributed by atoms with Gasteiger partial charge in [-0.3, -0.25) is 9.59 Å². The molecule has 84 valence electrons. The Bertz CT molecular complexity index is 499. The van der Waals surface area contributed by atoms with Gasteiger partial charge in [0.15, 0.2) is 0 Å². The van der Waals surface area contributed by atoms with Crippen molar-refractivity contribution in [1.82, 2.24) is 0 Å². The molecule has 0 atom stereocenters. The summed E-state index contributed by atoms with van der Waals surface area (Å²) in [5.74, 6) is -0.886. The van der Waals surface area contributed by atoms with Crippen LogP contribution in [0.3, 0.4) is 0 Å². The zero-order chi connectivity index (χ0) is 11.9. The van der Waals surface area contributed by atoms with E-state index < -0.39 is 5.91 Å². The number of phenols is 1. The number of benzene rings is 1. The van der Waals surface area contributed by atoms with Gasteiger partial charge >= 0.3 is 0 Å². The molecule has 0 unspecified atom stereocenters. The standard InChI is InChI=1S/C10H9ClN2O3/c11-6-1-4(2-7(12)14)10(16)5-3-8(15)13-9(5)6/h1,16H,2-3H2,(H2,12,14)(H,13,15). The van der Waals surface area contributed by atoms with E-state index in [2.05, 4.69) is 5.32 Å². The molecule has 1 heterocycles. The monoisotopic (exact) mass is 240 g/mol. The largest absolute Gasteiger partial charge is 0.507 e. The van der Waals surface area contributed by atoms with Gasteiger partial charge in [-0.1, -0.05) is 11.6 Å². The second-order valence-electron chi connectivity index (χ2n) is 3.59. The van der Waals surface area contributed by atoms with E-state index in [9.17, 15) is 14.7 Å². The number of hydrogen-bond donors (Lipinski definition) is 3. The number of nitrogens with two attached hydrogens (primary N) is 1. The lowest BCUT2D eigenvalue weighted by atomic mass is 10.0. The highest BCUT2D eigenvalue weighted by molar-refractivity contribution is 6.34. The molecule has 1 aliphatic heterocycles. The minimum atomic E-state index is -0.566. The smallest absolute Gasteiger partial charge is 0.229 e. The van der Waals surface area contributed by atoms with E-state index in [0.29, 0.717) is 21.8 Å². The number of phenolic OH excluding ortho intramolecular Hbond substituents is 1. The van der Waals surface area contributed by atoms with E-state index >= 15 is 0 Å². The number of amides is 2. The van der Waals surface area contributed by atoms with E-state index in [1.807, 2.05) is 0 Å². The van der Waals surface area contributed by atoms with Crippen molar-refractivity contribution in [2.75, 3.05) is 5.32 Å². The average Bonchev–Trinajstić information content (AvgIpc) is 2.56. The summed E-state index contributed by atoms with van der Waals surface area (Å²) < 4.78 is 0. The highest BCUT2D eigenvalue weighted by atomic mass is 35.5. The third-order valence-corrected chi connectivity index (χ3v) is 2.70. The van der Waals surface area contributed by atoms with Gasteiger partial charge in [-0.2, -0.15) is 0 Å². The van der Waals surface area contributed by atoms with Crippen molar-refractivity contribution in [2.45, 2.75) is 12.8 Å². The van der Waals surface area contributed by atoms with Gasteiger partial charge in [-0.25, -0.2) is 0 Å². The summed E-state index contributed by atoms with van der Waals surface area (Å²) in [5, 5.41) is 12.7. The quantitative estimate of drug-likeness (QED) is 0.706. The van der Waals surface area contributed by atoms with Gasteiger partial charge in [0.1, 0.15) is 5.75 Å². The first-order valence-corrected chi connectivity index (χ1v) is 4.98. The van der Waals surface area contributed by atoms with Gasteiger partial charge in [0.2, 0.25) is 11.8 Å². The molecule has 0 fully saturated rings. The zero-order valence-electron chi connectivity index (χ0n) is 8.21. The Kier molecular flexibility index (Phi) is 2.47. The number of primary amides is 1. The van der Waals surface area contributed by atoms with Crippen LogP contribution in [0, 0.1) is 0 Å². The molecular weight excluding hydrogens is 232 g/mol. The van der Waals surface area contributed by atoms with E-state index in [-0.39, 0.29) is 24.5 Å². The first-order chi connectivity index (χ1) is 7.49. The summed E-state index contributed by atoms with van der Waals surface area (Å²) in [4.78, 5) is 21.9. The number of carbonyl (C=O) groups is 2. The molecule has 1 aliphatic rings. The summed E-state index contributed by atoms with van der Waals surface area (Å²) in [6.07, 6.45) is -0.0412. The van der Waals surface area contributed by atoms with Crippen molar-refractivity contribution in [3.05, 3.63) is 22.2 Å². The van der Waals surface area contributed by atoms with Crippen LogP contribution >= 0.6 is 11.6 Å². The third kappa shape index (κ3) is 1.69. The highest BCUT2D eigenvalue weighted by Gasteiger charge is 2.26. The van der Waals surface area contributed by atoms with E-state index in [0.717, 1.165) is 0 Å². The van der Waals surface area contributed by atoms with Crippen LogP contribution < -0.4 is 11.1 Å². The summed E-state index contributed by atoms with van der Waals surface area (Å²) in [5.41, 5.74) is 6.22. The number of halogens is 1. The van der Waals surface area contributed by atoms with Gasteiger partial charge in [-0.05, 0) is 6.07 Å². The Hall–Kier alpha value is -1.75. The van der Waals surface area contributed by atoms with Crippen LogP contribution in [0.5, 0.6) is 5.75 Å². The molecule has 0 aromatic heterocycles. The number of aromatic hydroxyl groups is 1. The Labute approximate surface area is 96.2 Å². The van der Waals surface area contributed by atoms with Crippen molar-refractivity contribution in [1.29, 1.82) is 0 Å². The minimum absolute atomic E-state index is 0.0630. The molecule has 0 spiro atoms. The van der Waals surface area contributed by atoms with Crippen molar-refractivity contribution >= 4 is 29.1 Å². The predicted octanol–water partition coefficient (Wildman–Crippen LogP) is 0.568. The van der Waals surface area contributed by atoms with Gasteiger partial charge < -0.3 is 16.2 Å². The van der Waals surface area contributed by atoms with Crippen LogP contribution in [-0.2, 0) is 22.4 Å². The molecule has 1 aromatic rings. The highest BCUT2D eigenvalue weighted by Crippen LogP contribution is 2.39. The molecule has 1 aromatic carbocycles. The number of anilines is 1. The first-order valence-electron chi connectivity index (χ1n) is 4.60. The molecule has 0 aliphatic carbocycles. The molecule has 2 rings (SSSR count).